The molecule has 0 spiro atoms. The second kappa shape index (κ2) is 8.73. The Balaban J connectivity index is 1.88. The SMILES string of the molecule is CCNc1nnc(SC(C)C(=O)Nc2ccc(OCC)cc2)s1. The van der Waals surface area contributed by atoms with E-state index in [9.17, 15) is 4.79 Å². The molecule has 1 aromatic carbocycles. The van der Waals surface area contributed by atoms with Crippen LogP contribution in [0.25, 0.3) is 0 Å². The van der Waals surface area contributed by atoms with Crippen molar-refractivity contribution in [3.05, 3.63) is 24.3 Å². The van der Waals surface area contributed by atoms with Crippen LogP contribution in [0.5, 0.6) is 5.75 Å². The van der Waals surface area contributed by atoms with Crippen molar-refractivity contribution in [2.75, 3.05) is 23.8 Å². The molecule has 1 aromatic heterocycles. The predicted molar refractivity (Wildman–Crippen MR) is 95.6 cm³/mol. The first-order valence-electron chi connectivity index (χ1n) is 7.40. The Morgan fingerprint density at radius 3 is 2.70 bits per heavy atom. The summed E-state index contributed by atoms with van der Waals surface area (Å²) in [4.78, 5) is 12.2. The number of carbonyl (C=O) groups excluding carboxylic acids is 1. The van der Waals surface area contributed by atoms with E-state index >= 15 is 0 Å². The van der Waals surface area contributed by atoms with Crippen molar-refractivity contribution in [2.45, 2.75) is 30.4 Å². The number of benzene rings is 1. The highest BCUT2D eigenvalue weighted by atomic mass is 32.2. The van der Waals surface area contributed by atoms with E-state index in [0.29, 0.717) is 6.61 Å². The Labute approximate surface area is 144 Å². The molecule has 1 atom stereocenters. The van der Waals surface area contributed by atoms with Crippen molar-refractivity contribution in [1.29, 1.82) is 0 Å². The lowest BCUT2D eigenvalue weighted by atomic mass is 10.3. The minimum Gasteiger partial charge on any atom is -0.494 e. The van der Waals surface area contributed by atoms with Crippen LogP contribution in [0.1, 0.15) is 20.8 Å². The zero-order valence-corrected chi connectivity index (χ0v) is 15.0. The summed E-state index contributed by atoms with van der Waals surface area (Å²) >= 11 is 2.85. The quantitative estimate of drug-likeness (QED) is 0.708. The van der Waals surface area contributed by atoms with Gasteiger partial charge in [-0.1, -0.05) is 23.1 Å². The van der Waals surface area contributed by atoms with Gasteiger partial charge in [0.25, 0.3) is 0 Å². The lowest BCUT2D eigenvalue weighted by molar-refractivity contribution is -0.115. The van der Waals surface area contributed by atoms with E-state index in [1.807, 2.05) is 45.0 Å². The normalized spacial score (nSPS) is 11.8. The lowest BCUT2D eigenvalue weighted by Gasteiger charge is -2.11. The molecule has 0 saturated carbocycles. The van der Waals surface area contributed by atoms with Gasteiger partial charge in [0.2, 0.25) is 11.0 Å². The van der Waals surface area contributed by atoms with Gasteiger partial charge in [-0.15, -0.1) is 10.2 Å². The Kier molecular flexibility index (Phi) is 6.66. The van der Waals surface area contributed by atoms with Gasteiger partial charge in [-0.2, -0.15) is 0 Å². The van der Waals surface area contributed by atoms with Crippen LogP contribution in [0.3, 0.4) is 0 Å². The van der Waals surface area contributed by atoms with Gasteiger partial charge in [-0.3, -0.25) is 4.79 Å². The number of nitrogens with one attached hydrogen (secondary N) is 2. The number of nitrogens with zero attached hydrogens (tertiary/aromatic N) is 2. The molecule has 2 rings (SSSR count). The average Bonchev–Trinajstić information content (AvgIpc) is 2.97. The van der Waals surface area contributed by atoms with E-state index in [4.69, 9.17) is 4.74 Å². The van der Waals surface area contributed by atoms with E-state index in [-0.39, 0.29) is 11.2 Å². The second-order valence-electron chi connectivity index (χ2n) is 4.61. The molecule has 0 bridgehead atoms. The van der Waals surface area contributed by atoms with Crippen molar-refractivity contribution in [3.8, 4) is 5.75 Å². The van der Waals surface area contributed by atoms with Gasteiger partial charge in [0.1, 0.15) is 5.75 Å². The third-order valence-corrected chi connectivity index (χ3v) is 4.88. The molecule has 124 valence electrons. The smallest absolute Gasteiger partial charge is 0.237 e. The first kappa shape index (κ1) is 17.6. The molecule has 8 heteroatoms. The summed E-state index contributed by atoms with van der Waals surface area (Å²) in [5.74, 6) is 0.720. The van der Waals surface area contributed by atoms with Gasteiger partial charge >= 0.3 is 0 Å². The van der Waals surface area contributed by atoms with Crippen LogP contribution >= 0.6 is 23.1 Å². The molecule has 1 unspecified atom stereocenters. The van der Waals surface area contributed by atoms with Gasteiger partial charge < -0.3 is 15.4 Å². The Hall–Kier alpha value is -1.80. The molecule has 6 nitrogen and oxygen atoms in total. The molecule has 1 amide bonds. The zero-order valence-electron chi connectivity index (χ0n) is 13.3. The van der Waals surface area contributed by atoms with Crippen LogP contribution in [0.4, 0.5) is 10.8 Å². The fraction of sp³-hybridized carbons (Fsp3) is 0.400. The second-order valence-corrected chi connectivity index (χ2v) is 7.18. The molecule has 2 N–H and O–H groups in total. The van der Waals surface area contributed by atoms with E-state index in [1.54, 1.807) is 0 Å². The standard InChI is InChI=1S/C15H20N4O2S2/c1-4-16-14-18-19-15(23-14)22-10(3)13(20)17-11-6-8-12(9-7-11)21-5-2/h6-10H,4-5H2,1-3H3,(H,16,18)(H,17,20). The summed E-state index contributed by atoms with van der Waals surface area (Å²) in [6.07, 6.45) is 0. The summed E-state index contributed by atoms with van der Waals surface area (Å²) in [5.41, 5.74) is 0.747. The fourth-order valence-electron chi connectivity index (χ4n) is 1.73. The third-order valence-electron chi connectivity index (χ3n) is 2.81. The molecule has 0 saturated heterocycles. The molecule has 0 aliphatic carbocycles. The zero-order chi connectivity index (χ0) is 16.7. The number of thioether (sulfide) groups is 1. The van der Waals surface area contributed by atoms with Crippen LogP contribution in [0.2, 0.25) is 0 Å². The lowest BCUT2D eigenvalue weighted by Crippen LogP contribution is -2.22. The first-order valence-corrected chi connectivity index (χ1v) is 9.09. The maximum atomic E-state index is 12.2. The highest BCUT2D eigenvalue weighted by molar-refractivity contribution is 8.02. The third kappa shape index (κ3) is 5.40. The number of hydrogen-bond acceptors (Lipinski definition) is 7. The van der Waals surface area contributed by atoms with Gasteiger partial charge in [0, 0.05) is 12.2 Å². The topological polar surface area (TPSA) is 76.1 Å². The van der Waals surface area contributed by atoms with Crippen LogP contribution < -0.4 is 15.4 Å². The maximum Gasteiger partial charge on any atom is 0.237 e. The first-order chi connectivity index (χ1) is 11.1. The number of hydrogen-bond donors (Lipinski definition) is 2. The Bertz CT molecular complexity index is 631. The number of rotatable bonds is 8. The van der Waals surface area contributed by atoms with Gasteiger partial charge in [-0.05, 0) is 45.0 Å². The molecule has 2 aromatic rings. The van der Waals surface area contributed by atoms with Gasteiger partial charge in [0.15, 0.2) is 4.34 Å². The number of ether oxygens (including phenoxy) is 1. The highest BCUT2D eigenvalue weighted by Gasteiger charge is 2.17. The van der Waals surface area contributed by atoms with Crippen molar-refractivity contribution in [1.82, 2.24) is 10.2 Å². The van der Waals surface area contributed by atoms with Crippen molar-refractivity contribution in [2.24, 2.45) is 0 Å². The number of amides is 1. The summed E-state index contributed by atoms with van der Waals surface area (Å²) in [6, 6.07) is 7.33. The Morgan fingerprint density at radius 1 is 1.30 bits per heavy atom. The molecule has 0 aliphatic heterocycles. The van der Waals surface area contributed by atoms with E-state index < -0.39 is 0 Å². The predicted octanol–water partition coefficient (Wildman–Crippen LogP) is 3.49. The van der Waals surface area contributed by atoms with Crippen molar-refractivity contribution in [3.63, 3.8) is 0 Å². The van der Waals surface area contributed by atoms with Crippen LogP contribution in [-0.2, 0) is 4.79 Å². The molecular formula is C15H20N4O2S2. The fourth-order valence-corrected chi connectivity index (χ4v) is 3.69. The van der Waals surface area contributed by atoms with Gasteiger partial charge in [-0.25, -0.2) is 0 Å². The molecule has 0 fully saturated rings. The van der Waals surface area contributed by atoms with E-state index in [2.05, 4.69) is 20.8 Å². The number of anilines is 2. The minimum absolute atomic E-state index is 0.0700. The molecular weight excluding hydrogens is 332 g/mol. The minimum atomic E-state index is -0.260. The Morgan fingerprint density at radius 2 is 2.04 bits per heavy atom. The largest absolute Gasteiger partial charge is 0.494 e. The van der Waals surface area contributed by atoms with E-state index in [1.165, 1.54) is 23.1 Å². The summed E-state index contributed by atoms with van der Waals surface area (Å²) in [5, 5.41) is 14.6. The average molecular weight is 352 g/mol. The molecule has 0 aliphatic rings. The number of carbonyl (C=O) groups is 1. The maximum absolute atomic E-state index is 12.2. The summed E-state index contributed by atoms with van der Waals surface area (Å²) in [7, 11) is 0. The van der Waals surface area contributed by atoms with Crippen molar-refractivity contribution >= 4 is 39.8 Å². The number of aromatic nitrogens is 2. The van der Waals surface area contributed by atoms with E-state index in [0.717, 1.165) is 27.5 Å². The highest BCUT2D eigenvalue weighted by Crippen LogP contribution is 2.29. The molecule has 0 radical (unpaired) electrons. The molecule has 1 heterocycles. The monoisotopic (exact) mass is 352 g/mol. The summed E-state index contributed by atoms with van der Waals surface area (Å²) in [6.45, 7) is 7.21. The van der Waals surface area contributed by atoms with Crippen LogP contribution in [-0.4, -0.2) is 34.5 Å². The molecule has 23 heavy (non-hydrogen) atoms. The van der Waals surface area contributed by atoms with Crippen molar-refractivity contribution < 1.29 is 9.53 Å². The summed E-state index contributed by atoms with van der Waals surface area (Å²) < 4.78 is 6.15. The van der Waals surface area contributed by atoms with Crippen LogP contribution in [0, 0.1) is 0 Å². The van der Waals surface area contributed by atoms with Crippen LogP contribution in [0.15, 0.2) is 28.6 Å². The van der Waals surface area contributed by atoms with Gasteiger partial charge in [0.05, 0.1) is 11.9 Å².